The van der Waals surface area contributed by atoms with Crippen molar-refractivity contribution in [1.29, 1.82) is 0 Å². The number of carbonyl (C=O) groups is 2. The molecule has 0 bridgehead atoms. The predicted molar refractivity (Wildman–Crippen MR) is 77.6 cm³/mol. The number of amides is 2. The van der Waals surface area contributed by atoms with Crippen LogP contribution in [0.3, 0.4) is 0 Å². The van der Waals surface area contributed by atoms with Gasteiger partial charge in [-0.05, 0) is 18.9 Å². The molecule has 2 atom stereocenters. The maximum atomic E-state index is 11.6. The molecule has 2 amide bonds. The van der Waals surface area contributed by atoms with Crippen LogP contribution in [-0.2, 0) is 4.79 Å². The highest BCUT2D eigenvalue weighted by molar-refractivity contribution is 5.79. The molecule has 108 valence electrons. The first-order valence-electron chi connectivity index (χ1n) is 6.47. The minimum absolute atomic E-state index is 0.0347. The Hall–Kier alpha value is -2.30. The monoisotopic (exact) mass is 276 g/mol. The van der Waals surface area contributed by atoms with Gasteiger partial charge in [0.15, 0.2) is 0 Å². The molecule has 0 heterocycles. The van der Waals surface area contributed by atoms with E-state index in [-0.39, 0.29) is 18.6 Å². The maximum absolute atomic E-state index is 11.6. The summed E-state index contributed by atoms with van der Waals surface area (Å²) in [6.45, 7) is 5.50. The number of nitrogens with one attached hydrogen (secondary N) is 2. The normalized spacial score (nSPS) is 13.1. The summed E-state index contributed by atoms with van der Waals surface area (Å²) >= 11 is 0. The average Bonchev–Trinajstić information content (AvgIpc) is 2.40. The van der Waals surface area contributed by atoms with Gasteiger partial charge in [0.2, 0.25) is 0 Å². The van der Waals surface area contributed by atoms with Crippen LogP contribution in [0.25, 0.3) is 0 Å². The van der Waals surface area contributed by atoms with E-state index in [9.17, 15) is 14.7 Å². The Morgan fingerprint density at radius 2 is 2.00 bits per heavy atom. The zero-order valence-corrected chi connectivity index (χ0v) is 11.5. The molecule has 1 aromatic carbocycles. The molecule has 5 heteroatoms. The van der Waals surface area contributed by atoms with E-state index >= 15 is 0 Å². The highest BCUT2D eigenvalue weighted by Gasteiger charge is 2.20. The molecule has 0 aliphatic carbocycles. The third-order valence-electron chi connectivity index (χ3n) is 2.86. The Labute approximate surface area is 118 Å². The molecule has 0 aromatic heterocycles. The fourth-order valence-corrected chi connectivity index (χ4v) is 1.81. The van der Waals surface area contributed by atoms with Crippen LogP contribution in [0.5, 0.6) is 0 Å². The molecule has 0 fully saturated rings. The highest BCUT2D eigenvalue weighted by atomic mass is 16.4. The van der Waals surface area contributed by atoms with Crippen LogP contribution in [0.4, 0.5) is 4.79 Å². The van der Waals surface area contributed by atoms with Crippen molar-refractivity contribution in [1.82, 2.24) is 10.6 Å². The fourth-order valence-electron chi connectivity index (χ4n) is 1.81. The zero-order valence-electron chi connectivity index (χ0n) is 11.5. The Morgan fingerprint density at radius 1 is 1.35 bits per heavy atom. The lowest BCUT2D eigenvalue weighted by Crippen LogP contribution is -2.42. The number of hydrogen-bond donors (Lipinski definition) is 3. The molecule has 2 unspecified atom stereocenters. The predicted octanol–water partition coefficient (Wildman–Crippen LogP) is 2.12. The number of hydrogen-bond acceptors (Lipinski definition) is 2. The minimum atomic E-state index is -0.962. The number of urea groups is 1. The molecular formula is C15H20N2O3. The van der Waals surface area contributed by atoms with E-state index in [0.717, 1.165) is 0 Å². The number of aliphatic carboxylic acids is 1. The van der Waals surface area contributed by atoms with Crippen LogP contribution in [0.15, 0.2) is 43.0 Å². The molecular weight excluding hydrogens is 256 g/mol. The average molecular weight is 276 g/mol. The Bertz CT molecular complexity index is 459. The van der Waals surface area contributed by atoms with Crippen molar-refractivity contribution < 1.29 is 14.7 Å². The van der Waals surface area contributed by atoms with Gasteiger partial charge in [-0.3, -0.25) is 4.79 Å². The Balaban J connectivity index is 2.54. The molecule has 0 saturated heterocycles. The third-order valence-corrected chi connectivity index (χ3v) is 2.86. The standard InChI is InChI=1S/C15H20N2O3/c1-3-7-11(2)17-15(20)16-10-13(14(18)19)12-8-5-4-6-9-12/h3-6,8-9,11,13H,1,7,10H2,2H3,(H,18,19)(H2,16,17,20). The first-order chi connectivity index (χ1) is 9.54. The van der Waals surface area contributed by atoms with E-state index in [2.05, 4.69) is 17.2 Å². The number of carboxylic acids is 1. The summed E-state index contributed by atoms with van der Waals surface area (Å²) in [5.41, 5.74) is 0.666. The van der Waals surface area contributed by atoms with E-state index < -0.39 is 11.9 Å². The minimum Gasteiger partial charge on any atom is -0.481 e. The lowest BCUT2D eigenvalue weighted by Gasteiger charge is -2.16. The van der Waals surface area contributed by atoms with Gasteiger partial charge in [0.1, 0.15) is 0 Å². The van der Waals surface area contributed by atoms with Crippen molar-refractivity contribution in [2.24, 2.45) is 0 Å². The largest absolute Gasteiger partial charge is 0.481 e. The van der Waals surface area contributed by atoms with Gasteiger partial charge >= 0.3 is 12.0 Å². The first kappa shape index (κ1) is 15.8. The number of rotatable bonds is 7. The number of benzene rings is 1. The van der Waals surface area contributed by atoms with E-state index in [4.69, 9.17) is 0 Å². The quantitative estimate of drug-likeness (QED) is 0.667. The summed E-state index contributed by atoms with van der Waals surface area (Å²) in [6, 6.07) is 8.43. The lowest BCUT2D eigenvalue weighted by molar-refractivity contribution is -0.138. The molecule has 0 spiro atoms. The van der Waals surface area contributed by atoms with Crippen LogP contribution >= 0.6 is 0 Å². The van der Waals surface area contributed by atoms with Gasteiger partial charge in [0.25, 0.3) is 0 Å². The van der Waals surface area contributed by atoms with E-state index in [1.165, 1.54) is 0 Å². The van der Waals surface area contributed by atoms with Crippen LogP contribution in [-0.4, -0.2) is 29.7 Å². The van der Waals surface area contributed by atoms with Crippen LogP contribution in [0.1, 0.15) is 24.8 Å². The molecule has 0 aliphatic heterocycles. The fraction of sp³-hybridized carbons (Fsp3) is 0.333. The third kappa shape index (κ3) is 5.14. The number of carboxylic acid groups (broad SMARTS) is 1. The van der Waals surface area contributed by atoms with E-state index in [0.29, 0.717) is 12.0 Å². The maximum Gasteiger partial charge on any atom is 0.315 e. The van der Waals surface area contributed by atoms with Gasteiger partial charge < -0.3 is 15.7 Å². The van der Waals surface area contributed by atoms with Crippen LogP contribution < -0.4 is 10.6 Å². The summed E-state index contributed by atoms with van der Waals surface area (Å²) in [6.07, 6.45) is 2.38. The van der Waals surface area contributed by atoms with E-state index in [1.54, 1.807) is 30.3 Å². The Kier molecular flexibility index (Phi) is 6.29. The molecule has 1 aromatic rings. The van der Waals surface area contributed by atoms with Gasteiger partial charge in [-0.25, -0.2) is 4.79 Å². The molecule has 0 radical (unpaired) electrons. The summed E-state index contributed by atoms with van der Waals surface area (Å²) in [5.74, 6) is -1.72. The molecule has 1 rings (SSSR count). The first-order valence-corrected chi connectivity index (χ1v) is 6.47. The summed E-state index contributed by atoms with van der Waals surface area (Å²) in [5, 5.41) is 14.5. The molecule has 5 nitrogen and oxygen atoms in total. The topological polar surface area (TPSA) is 78.4 Å². The van der Waals surface area contributed by atoms with Crippen molar-refractivity contribution in [3.8, 4) is 0 Å². The number of carbonyl (C=O) groups excluding carboxylic acids is 1. The van der Waals surface area contributed by atoms with Crippen molar-refractivity contribution in [3.05, 3.63) is 48.6 Å². The lowest BCUT2D eigenvalue weighted by atomic mass is 9.99. The van der Waals surface area contributed by atoms with E-state index in [1.807, 2.05) is 13.0 Å². The van der Waals surface area contributed by atoms with Gasteiger partial charge in [0.05, 0.1) is 5.92 Å². The smallest absolute Gasteiger partial charge is 0.315 e. The van der Waals surface area contributed by atoms with Crippen LogP contribution in [0.2, 0.25) is 0 Å². The second-order valence-electron chi connectivity index (χ2n) is 4.58. The van der Waals surface area contributed by atoms with Gasteiger partial charge in [-0.15, -0.1) is 6.58 Å². The van der Waals surface area contributed by atoms with Crippen LogP contribution in [0, 0.1) is 0 Å². The summed E-state index contributed by atoms with van der Waals surface area (Å²) in [7, 11) is 0. The zero-order chi connectivity index (χ0) is 15.0. The van der Waals surface area contributed by atoms with Crippen molar-refractivity contribution in [2.45, 2.75) is 25.3 Å². The highest BCUT2D eigenvalue weighted by Crippen LogP contribution is 2.14. The van der Waals surface area contributed by atoms with Gasteiger partial charge in [-0.1, -0.05) is 36.4 Å². The summed E-state index contributed by atoms with van der Waals surface area (Å²) < 4.78 is 0. The van der Waals surface area contributed by atoms with Gasteiger partial charge in [-0.2, -0.15) is 0 Å². The van der Waals surface area contributed by atoms with Crippen molar-refractivity contribution >= 4 is 12.0 Å². The molecule has 0 saturated carbocycles. The molecule has 20 heavy (non-hydrogen) atoms. The Morgan fingerprint density at radius 3 is 2.55 bits per heavy atom. The summed E-state index contributed by atoms with van der Waals surface area (Å²) in [4.78, 5) is 22.9. The molecule has 3 N–H and O–H groups in total. The SMILES string of the molecule is C=CCC(C)NC(=O)NCC(C(=O)O)c1ccccc1. The van der Waals surface area contributed by atoms with Crippen molar-refractivity contribution in [3.63, 3.8) is 0 Å². The second-order valence-corrected chi connectivity index (χ2v) is 4.58. The second kappa shape index (κ2) is 7.99. The van der Waals surface area contributed by atoms with Crippen molar-refractivity contribution in [2.75, 3.05) is 6.54 Å². The molecule has 0 aliphatic rings. The van der Waals surface area contributed by atoms with Gasteiger partial charge in [0, 0.05) is 12.6 Å².